The van der Waals surface area contributed by atoms with Gasteiger partial charge in [0.25, 0.3) is 0 Å². The summed E-state index contributed by atoms with van der Waals surface area (Å²) in [5, 5.41) is 2.87. The monoisotopic (exact) mass is 321 g/mol. The fourth-order valence-corrected chi connectivity index (χ4v) is 2.48. The van der Waals surface area contributed by atoms with Crippen molar-refractivity contribution in [2.45, 2.75) is 13.0 Å². The number of nitrogens with two attached hydrogens (primary N) is 1. The summed E-state index contributed by atoms with van der Waals surface area (Å²) in [6, 6.07) is 1.67. The number of anilines is 1. The minimum absolute atomic E-state index is 0.145. The quantitative estimate of drug-likeness (QED) is 0.797. The van der Waals surface area contributed by atoms with Crippen LogP contribution in [0.5, 0.6) is 0 Å². The zero-order chi connectivity index (χ0) is 16.8. The van der Waals surface area contributed by atoms with Crippen LogP contribution in [0.3, 0.4) is 0 Å². The molecule has 1 fully saturated rings. The molecule has 2 heterocycles. The number of hydrogen-bond acceptors (Lipinski definition) is 5. The van der Waals surface area contributed by atoms with E-state index in [0.29, 0.717) is 31.9 Å². The Balaban J connectivity index is 1.89. The van der Waals surface area contributed by atoms with Crippen molar-refractivity contribution in [3.63, 3.8) is 0 Å². The number of nitrogens with one attached hydrogen (secondary N) is 1. The highest BCUT2D eigenvalue weighted by Gasteiger charge is 2.25. The molecule has 1 aliphatic rings. The van der Waals surface area contributed by atoms with Gasteiger partial charge in [-0.1, -0.05) is 0 Å². The molecule has 1 atom stereocenters. The first-order valence-electron chi connectivity index (χ1n) is 7.50. The average molecular weight is 321 g/mol. The van der Waals surface area contributed by atoms with Gasteiger partial charge in [-0.05, 0) is 25.6 Å². The van der Waals surface area contributed by atoms with Crippen LogP contribution in [-0.2, 0) is 9.53 Å². The summed E-state index contributed by atoms with van der Waals surface area (Å²) in [6.07, 6.45) is 3.17. The zero-order valence-electron chi connectivity index (χ0n) is 13.5. The van der Waals surface area contributed by atoms with Crippen molar-refractivity contribution in [3.05, 3.63) is 24.0 Å². The summed E-state index contributed by atoms with van der Waals surface area (Å²) < 4.78 is 5.66. The first-order valence-corrected chi connectivity index (χ1v) is 7.50. The van der Waals surface area contributed by atoms with Gasteiger partial charge in [0, 0.05) is 25.8 Å². The van der Waals surface area contributed by atoms with Crippen LogP contribution >= 0.6 is 0 Å². The topological polar surface area (TPSA) is 101 Å². The Morgan fingerprint density at radius 3 is 3.04 bits per heavy atom. The molecule has 0 saturated carbocycles. The number of nitrogens with zero attached hydrogens (tertiary/aromatic N) is 3. The second-order valence-corrected chi connectivity index (χ2v) is 5.72. The number of rotatable bonds is 5. The van der Waals surface area contributed by atoms with Crippen LogP contribution in [0.25, 0.3) is 0 Å². The third-order valence-electron chi connectivity index (χ3n) is 3.65. The van der Waals surface area contributed by atoms with Gasteiger partial charge < -0.3 is 20.7 Å². The van der Waals surface area contributed by atoms with E-state index in [4.69, 9.17) is 10.5 Å². The molecule has 3 N–H and O–H groups in total. The maximum Gasteiger partial charge on any atom is 0.322 e. The lowest BCUT2D eigenvalue weighted by Crippen LogP contribution is -2.51. The fraction of sp³-hybridized carbons (Fsp3) is 0.533. The molecule has 1 saturated heterocycles. The Morgan fingerprint density at radius 2 is 2.35 bits per heavy atom. The van der Waals surface area contributed by atoms with Crippen LogP contribution in [0.1, 0.15) is 5.56 Å². The van der Waals surface area contributed by atoms with E-state index < -0.39 is 0 Å². The summed E-state index contributed by atoms with van der Waals surface area (Å²) in [6.45, 7) is 4.09. The number of ether oxygens (including phenoxy) is 1. The van der Waals surface area contributed by atoms with Crippen molar-refractivity contribution in [1.82, 2.24) is 14.8 Å². The predicted molar refractivity (Wildman–Crippen MR) is 86.0 cm³/mol. The SMILES string of the molecule is Cc1ccncc1NC(=O)N1CCO[C@H](CN(C)CC(N)=O)C1. The lowest BCUT2D eigenvalue weighted by atomic mass is 10.2. The Morgan fingerprint density at radius 1 is 1.57 bits per heavy atom. The molecule has 0 aromatic carbocycles. The van der Waals surface area contributed by atoms with E-state index in [2.05, 4.69) is 10.3 Å². The molecule has 0 aliphatic carbocycles. The number of pyridine rings is 1. The first-order chi connectivity index (χ1) is 11.0. The van der Waals surface area contributed by atoms with Crippen LogP contribution in [-0.4, -0.2) is 72.7 Å². The maximum absolute atomic E-state index is 12.4. The summed E-state index contributed by atoms with van der Waals surface area (Å²) in [4.78, 5) is 30.8. The summed E-state index contributed by atoms with van der Waals surface area (Å²) in [7, 11) is 1.80. The number of aromatic nitrogens is 1. The molecular weight excluding hydrogens is 298 g/mol. The summed E-state index contributed by atoms with van der Waals surface area (Å²) in [5.41, 5.74) is 6.83. The van der Waals surface area contributed by atoms with Crippen LogP contribution < -0.4 is 11.1 Å². The largest absolute Gasteiger partial charge is 0.373 e. The second-order valence-electron chi connectivity index (χ2n) is 5.72. The van der Waals surface area contributed by atoms with Gasteiger partial charge in [0.15, 0.2) is 0 Å². The second kappa shape index (κ2) is 7.89. The highest BCUT2D eigenvalue weighted by atomic mass is 16.5. The molecule has 1 aliphatic heterocycles. The van der Waals surface area contributed by atoms with E-state index in [1.807, 2.05) is 13.0 Å². The molecule has 0 unspecified atom stereocenters. The first kappa shape index (κ1) is 17.2. The molecule has 1 aromatic rings. The van der Waals surface area contributed by atoms with Gasteiger partial charge in [-0.2, -0.15) is 0 Å². The van der Waals surface area contributed by atoms with Crippen molar-refractivity contribution < 1.29 is 14.3 Å². The number of hydrogen-bond donors (Lipinski definition) is 2. The van der Waals surface area contributed by atoms with Crippen LogP contribution in [0.2, 0.25) is 0 Å². The summed E-state index contributed by atoms with van der Waals surface area (Å²) >= 11 is 0. The lowest BCUT2D eigenvalue weighted by Gasteiger charge is -2.34. The molecule has 23 heavy (non-hydrogen) atoms. The van der Waals surface area contributed by atoms with Gasteiger partial charge in [0.2, 0.25) is 5.91 Å². The molecule has 1 aromatic heterocycles. The van der Waals surface area contributed by atoms with Gasteiger partial charge >= 0.3 is 6.03 Å². The highest BCUT2D eigenvalue weighted by molar-refractivity contribution is 5.90. The number of urea groups is 1. The summed E-state index contributed by atoms with van der Waals surface area (Å²) in [5.74, 6) is -0.384. The Labute approximate surface area is 135 Å². The fourth-order valence-electron chi connectivity index (χ4n) is 2.48. The van der Waals surface area contributed by atoms with Gasteiger partial charge in [0.1, 0.15) is 0 Å². The number of primary amides is 1. The van der Waals surface area contributed by atoms with Gasteiger partial charge in [0.05, 0.1) is 31.1 Å². The molecule has 0 spiro atoms. The van der Waals surface area contributed by atoms with Crippen molar-refractivity contribution >= 4 is 17.6 Å². The van der Waals surface area contributed by atoms with E-state index in [-0.39, 0.29) is 24.6 Å². The van der Waals surface area contributed by atoms with Gasteiger partial charge in [-0.25, -0.2) is 4.79 Å². The highest BCUT2D eigenvalue weighted by Crippen LogP contribution is 2.14. The standard InChI is InChI=1S/C15H23N5O3/c1-11-3-4-17-7-13(11)18-15(22)20-5-6-23-12(9-20)8-19(2)10-14(16)21/h3-4,7,12H,5-6,8-10H2,1-2H3,(H2,16,21)(H,18,22)/t12-/m1/s1. The number of carbonyl (C=O) groups is 2. The smallest absolute Gasteiger partial charge is 0.322 e. The van der Waals surface area contributed by atoms with E-state index in [9.17, 15) is 9.59 Å². The Kier molecular flexibility index (Phi) is 5.89. The normalized spacial score (nSPS) is 18.0. The number of amides is 3. The maximum atomic E-state index is 12.4. The minimum Gasteiger partial charge on any atom is -0.373 e. The van der Waals surface area contributed by atoms with E-state index in [1.54, 1.807) is 29.2 Å². The van der Waals surface area contributed by atoms with E-state index >= 15 is 0 Å². The molecule has 3 amide bonds. The van der Waals surface area contributed by atoms with Gasteiger partial charge in [-0.15, -0.1) is 0 Å². The minimum atomic E-state index is -0.384. The molecule has 2 rings (SSSR count). The van der Waals surface area contributed by atoms with Crippen molar-refractivity contribution in [3.8, 4) is 0 Å². The molecule has 8 heteroatoms. The number of likely N-dealkylation sites (N-methyl/N-ethyl adjacent to an activating group) is 1. The molecule has 0 bridgehead atoms. The van der Waals surface area contributed by atoms with Crippen LogP contribution in [0, 0.1) is 6.92 Å². The molecular formula is C15H23N5O3. The molecule has 8 nitrogen and oxygen atoms in total. The van der Waals surface area contributed by atoms with Crippen LogP contribution in [0.4, 0.5) is 10.5 Å². The number of morpholine rings is 1. The number of carbonyl (C=O) groups excluding carboxylic acids is 2. The van der Waals surface area contributed by atoms with E-state index in [1.165, 1.54) is 0 Å². The number of aryl methyl sites for hydroxylation is 1. The van der Waals surface area contributed by atoms with Crippen molar-refractivity contribution in [2.24, 2.45) is 5.73 Å². The molecule has 0 radical (unpaired) electrons. The third kappa shape index (κ3) is 5.19. The van der Waals surface area contributed by atoms with Crippen molar-refractivity contribution in [2.75, 3.05) is 45.2 Å². The lowest BCUT2D eigenvalue weighted by molar-refractivity contribution is -0.119. The zero-order valence-corrected chi connectivity index (χ0v) is 13.5. The molecule has 126 valence electrons. The Bertz CT molecular complexity index is 566. The Hall–Kier alpha value is -2.19. The van der Waals surface area contributed by atoms with E-state index in [0.717, 1.165) is 5.56 Å². The van der Waals surface area contributed by atoms with Crippen LogP contribution in [0.15, 0.2) is 18.5 Å². The predicted octanol–water partition coefficient (Wildman–Crippen LogP) is 0.0398. The van der Waals surface area contributed by atoms with Crippen molar-refractivity contribution in [1.29, 1.82) is 0 Å². The van der Waals surface area contributed by atoms with Gasteiger partial charge in [-0.3, -0.25) is 14.7 Å². The third-order valence-corrected chi connectivity index (χ3v) is 3.65. The average Bonchev–Trinajstić information content (AvgIpc) is 2.49.